The highest BCUT2D eigenvalue weighted by atomic mass is 16.3. The van der Waals surface area contributed by atoms with Gasteiger partial charge in [-0.1, -0.05) is 55.3 Å². The highest BCUT2D eigenvalue weighted by Gasteiger charge is 2.45. The lowest BCUT2D eigenvalue weighted by molar-refractivity contribution is -0.0838. The molecule has 0 bridgehead atoms. The van der Waals surface area contributed by atoms with Crippen LogP contribution in [0.2, 0.25) is 0 Å². The number of hydrogen-bond donors (Lipinski definition) is 2. The Morgan fingerprint density at radius 1 is 1.04 bits per heavy atom. The van der Waals surface area contributed by atoms with E-state index < -0.39 is 5.60 Å². The minimum atomic E-state index is -0.915. The normalized spacial score (nSPS) is 25.6. The van der Waals surface area contributed by atoms with Crippen molar-refractivity contribution >= 4 is 0 Å². The molecule has 1 aliphatic rings. The van der Waals surface area contributed by atoms with Crippen LogP contribution in [-0.4, -0.2) is 29.2 Å². The van der Waals surface area contributed by atoms with E-state index in [1.807, 2.05) is 18.2 Å². The van der Waals surface area contributed by atoms with E-state index in [0.717, 1.165) is 31.2 Å². The second-order valence-electron chi connectivity index (χ2n) is 7.15. The average Bonchev–Trinajstić information content (AvgIpc) is 2.58. The second kappa shape index (κ2) is 6.96. The molecule has 0 aromatic heterocycles. The van der Waals surface area contributed by atoms with Crippen LogP contribution >= 0.6 is 0 Å². The Kier molecular flexibility index (Phi) is 4.93. The van der Waals surface area contributed by atoms with Crippen LogP contribution < -0.4 is 0 Å². The summed E-state index contributed by atoms with van der Waals surface area (Å²) in [7, 11) is 4.16. The fourth-order valence-corrected chi connectivity index (χ4v) is 4.28. The van der Waals surface area contributed by atoms with E-state index in [1.54, 1.807) is 12.1 Å². The molecule has 2 aromatic carbocycles. The van der Waals surface area contributed by atoms with Crippen LogP contribution in [0.1, 0.15) is 42.9 Å². The Morgan fingerprint density at radius 2 is 1.79 bits per heavy atom. The van der Waals surface area contributed by atoms with Crippen molar-refractivity contribution in [2.24, 2.45) is 5.92 Å². The van der Waals surface area contributed by atoms with Crippen molar-refractivity contribution < 1.29 is 10.2 Å². The molecule has 3 unspecified atom stereocenters. The Morgan fingerprint density at radius 3 is 2.46 bits per heavy atom. The van der Waals surface area contributed by atoms with Gasteiger partial charge in [0.25, 0.3) is 0 Å². The highest BCUT2D eigenvalue weighted by Crippen LogP contribution is 2.49. The molecule has 0 saturated heterocycles. The molecule has 128 valence electrons. The van der Waals surface area contributed by atoms with Gasteiger partial charge in [-0.15, -0.1) is 0 Å². The molecule has 0 radical (unpaired) electrons. The number of phenolic OH excluding ortho intramolecular Hbond substituents is 1. The maximum absolute atomic E-state index is 11.7. The second-order valence-corrected chi connectivity index (χ2v) is 7.15. The number of phenols is 1. The first-order chi connectivity index (χ1) is 11.5. The summed E-state index contributed by atoms with van der Waals surface area (Å²) in [5.74, 6) is 0.303. The van der Waals surface area contributed by atoms with Gasteiger partial charge in [0.2, 0.25) is 0 Å². The predicted molar refractivity (Wildman–Crippen MR) is 96.8 cm³/mol. The lowest BCUT2D eigenvalue weighted by Gasteiger charge is -2.46. The van der Waals surface area contributed by atoms with Crippen molar-refractivity contribution in [2.45, 2.75) is 37.3 Å². The number of aliphatic hydroxyl groups is 1. The quantitative estimate of drug-likeness (QED) is 0.890. The molecule has 0 spiro atoms. The highest BCUT2D eigenvalue weighted by molar-refractivity contribution is 5.33. The van der Waals surface area contributed by atoms with Crippen LogP contribution in [0.15, 0.2) is 54.6 Å². The molecule has 1 aliphatic carbocycles. The van der Waals surface area contributed by atoms with Gasteiger partial charge in [-0.25, -0.2) is 0 Å². The van der Waals surface area contributed by atoms with Gasteiger partial charge in [0.05, 0.1) is 5.60 Å². The van der Waals surface area contributed by atoms with E-state index in [0.29, 0.717) is 0 Å². The van der Waals surface area contributed by atoms with Gasteiger partial charge in [-0.3, -0.25) is 0 Å². The van der Waals surface area contributed by atoms with Gasteiger partial charge < -0.3 is 15.1 Å². The van der Waals surface area contributed by atoms with Gasteiger partial charge in [0.15, 0.2) is 0 Å². The topological polar surface area (TPSA) is 43.7 Å². The van der Waals surface area contributed by atoms with Gasteiger partial charge in [-0.05, 0) is 50.2 Å². The summed E-state index contributed by atoms with van der Waals surface area (Å²) in [6, 6.07) is 17.7. The number of benzene rings is 2. The molecule has 3 atom stereocenters. The predicted octanol–water partition coefficient (Wildman–Crippen LogP) is 4.07. The van der Waals surface area contributed by atoms with Crippen molar-refractivity contribution in [3.05, 3.63) is 65.7 Å². The molecule has 1 fully saturated rings. The largest absolute Gasteiger partial charge is 0.508 e. The Hall–Kier alpha value is -1.84. The van der Waals surface area contributed by atoms with Crippen molar-refractivity contribution in [2.75, 3.05) is 14.1 Å². The van der Waals surface area contributed by atoms with Crippen LogP contribution in [0, 0.1) is 5.92 Å². The third-order valence-corrected chi connectivity index (χ3v) is 5.36. The fraction of sp³-hybridized carbons (Fsp3) is 0.429. The minimum absolute atomic E-state index is 0.0884. The summed E-state index contributed by atoms with van der Waals surface area (Å²) in [5, 5.41) is 21.6. The number of nitrogens with zero attached hydrogens (tertiary/aromatic N) is 1. The van der Waals surface area contributed by atoms with E-state index in [4.69, 9.17) is 0 Å². The van der Waals surface area contributed by atoms with E-state index in [-0.39, 0.29) is 17.7 Å². The SMILES string of the molecule is CN(C)C(c1ccccc1)C1CCCCC1(O)c1cccc(O)c1. The summed E-state index contributed by atoms with van der Waals surface area (Å²) in [6.45, 7) is 0. The minimum Gasteiger partial charge on any atom is -0.508 e. The zero-order chi connectivity index (χ0) is 17.2. The molecule has 1 saturated carbocycles. The van der Waals surface area contributed by atoms with Gasteiger partial charge in [0, 0.05) is 12.0 Å². The number of aromatic hydroxyl groups is 1. The summed E-state index contributed by atoms with van der Waals surface area (Å²) < 4.78 is 0. The van der Waals surface area contributed by atoms with E-state index in [9.17, 15) is 10.2 Å². The molecule has 0 amide bonds. The Labute approximate surface area is 144 Å². The van der Waals surface area contributed by atoms with Gasteiger partial charge in [-0.2, -0.15) is 0 Å². The zero-order valence-corrected chi connectivity index (χ0v) is 14.5. The first-order valence-electron chi connectivity index (χ1n) is 8.75. The van der Waals surface area contributed by atoms with Crippen LogP contribution in [0.25, 0.3) is 0 Å². The van der Waals surface area contributed by atoms with Crippen LogP contribution in [0.5, 0.6) is 5.75 Å². The summed E-state index contributed by atoms with van der Waals surface area (Å²) in [6.07, 6.45) is 3.85. The van der Waals surface area contributed by atoms with Crippen molar-refractivity contribution in [3.8, 4) is 5.75 Å². The summed E-state index contributed by atoms with van der Waals surface area (Å²) in [4.78, 5) is 2.21. The van der Waals surface area contributed by atoms with E-state index in [2.05, 4.69) is 43.3 Å². The molecule has 2 N–H and O–H groups in total. The maximum Gasteiger partial charge on any atom is 0.115 e. The fourth-order valence-electron chi connectivity index (χ4n) is 4.28. The van der Waals surface area contributed by atoms with Crippen molar-refractivity contribution in [1.82, 2.24) is 4.90 Å². The first kappa shape index (κ1) is 17.0. The molecule has 2 aromatic rings. The van der Waals surface area contributed by atoms with Gasteiger partial charge in [0.1, 0.15) is 5.75 Å². The summed E-state index contributed by atoms with van der Waals surface area (Å²) in [5.41, 5.74) is 1.14. The average molecular weight is 325 g/mol. The standard InChI is InChI=1S/C21H27NO2/c1-22(2)20(16-9-4-3-5-10-16)19-13-6-7-14-21(19,24)17-11-8-12-18(23)15-17/h3-5,8-12,15,19-20,23-24H,6-7,13-14H2,1-2H3. The lowest BCUT2D eigenvalue weighted by atomic mass is 9.67. The zero-order valence-electron chi connectivity index (χ0n) is 14.5. The number of hydrogen-bond acceptors (Lipinski definition) is 3. The third kappa shape index (κ3) is 3.19. The monoisotopic (exact) mass is 325 g/mol. The van der Waals surface area contributed by atoms with Gasteiger partial charge >= 0.3 is 0 Å². The van der Waals surface area contributed by atoms with Crippen LogP contribution in [0.4, 0.5) is 0 Å². The van der Waals surface area contributed by atoms with Crippen molar-refractivity contribution in [1.29, 1.82) is 0 Å². The smallest absolute Gasteiger partial charge is 0.115 e. The maximum atomic E-state index is 11.7. The molecule has 3 rings (SSSR count). The first-order valence-corrected chi connectivity index (χ1v) is 8.75. The molecule has 0 heterocycles. The number of rotatable bonds is 4. The Balaban J connectivity index is 2.05. The molecular weight excluding hydrogens is 298 g/mol. The molecular formula is C21H27NO2. The molecule has 3 heteroatoms. The molecule has 24 heavy (non-hydrogen) atoms. The van der Waals surface area contributed by atoms with E-state index >= 15 is 0 Å². The lowest BCUT2D eigenvalue weighted by Crippen LogP contribution is -2.45. The summed E-state index contributed by atoms with van der Waals surface area (Å²) >= 11 is 0. The van der Waals surface area contributed by atoms with Crippen LogP contribution in [-0.2, 0) is 5.60 Å². The van der Waals surface area contributed by atoms with Crippen LogP contribution in [0.3, 0.4) is 0 Å². The molecule has 0 aliphatic heterocycles. The molecule has 3 nitrogen and oxygen atoms in total. The Bertz CT molecular complexity index is 671. The third-order valence-electron chi connectivity index (χ3n) is 5.36. The van der Waals surface area contributed by atoms with E-state index in [1.165, 1.54) is 5.56 Å². The van der Waals surface area contributed by atoms with Crippen molar-refractivity contribution in [3.63, 3.8) is 0 Å².